The maximum Gasteiger partial charge on any atom is 0.293 e. The van der Waals surface area contributed by atoms with E-state index in [-0.39, 0.29) is 35.3 Å². The van der Waals surface area contributed by atoms with Crippen LogP contribution >= 0.6 is 12.4 Å². The van der Waals surface area contributed by atoms with Crippen LogP contribution in [0.2, 0.25) is 0 Å². The Kier molecular flexibility index (Phi) is 6.95. The molecular formula is C12H19ClN4O3. The molecule has 0 spiro atoms. The van der Waals surface area contributed by atoms with Gasteiger partial charge in [-0.25, -0.2) is 0 Å². The lowest BCUT2D eigenvalue weighted by atomic mass is 10.1. The lowest BCUT2D eigenvalue weighted by Gasteiger charge is -2.18. The second-order valence-electron chi connectivity index (χ2n) is 4.33. The molecule has 112 valence electrons. The number of nitrogens with zero attached hydrogens (tertiary/aromatic N) is 2. The third kappa shape index (κ3) is 4.07. The van der Waals surface area contributed by atoms with E-state index in [0.29, 0.717) is 18.7 Å². The monoisotopic (exact) mass is 302 g/mol. The Morgan fingerprint density at radius 2 is 2.10 bits per heavy atom. The van der Waals surface area contributed by atoms with Gasteiger partial charge < -0.3 is 16.0 Å². The quantitative estimate of drug-likeness (QED) is 0.483. The number of carbonyl (C=O) groups is 1. The Balaban J connectivity index is 0.00000361. The molecule has 3 N–H and O–H groups in total. The van der Waals surface area contributed by atoms with E-state index in [1.807, 2.05) is 0 Å². The molecule has 20 heavy (non-hydrogen) atoms. The fourth-order valence-corrected chi connectivity index (χ4v) is 1.69. The number of amides is 1. The maximum atomic E-state index is 12.2. The van der Waals surface area contributed by atoms with Gasteiger partial charge in [-0.05, 0) is 25.6 Å². The fraction of sp³-hybridized carbons (Fsp3) is 0.417. The Hall–Kier alpha value is -1.86. The molecule has 0 bridgehead atoms. The van der Waals surface area contributed by atoms with Crippen molar-refractivity contribution in [3.8, 4) is 0 Å². The summed E-state index contributed by atoms with van der Waals surface area (Å²) in [4.78, 5) is 24.0. The summed E-state index contributed by atoms with van der Waals surface area (Å²) in [6, 6.07) is 2.93. The van der Waals surface area contributed by atoms with Crippen LogP contribution < -0.4 is 11.1 Å². The largest absolute Gasteiger partial charge is 0.393 e. The molecule has 0 aliphatic heterocycles. The average Bonchev–Trinajstić information content (AvgIpc) is 2.37. The van der Waals surface area contributed by atoms with Gasteiger partial charge in [-0.3, -0.25) is 14.9 Å². The van der Waals surface area contributed by atoms with E-state index in [2.05, 4.69) is 5.32 Å². The molecule has 0 unspecified atom stereocenters. The van der Waals surface area contributed by atoms with Crippen LogP contribution in [0, 0.1) is 17.0 Å². The molecule has 1 rings (SSSR count). The van der Waals surface area contributed by atoms with E-state index in [1.165, 1.54) is 11.0 Å². The van der Waals surface area contributed by atoms with Crippen LogP contribution in [0.4, 0.5) is 11.4 Å². The van der Waals surface area contributed by atoms with E-state index >= 15 is 0 Å². The summed E-state index contributed by atoms with van der Waals surface area (Å²) in [7, 11) is 3.41. The minimum absolute atomic E-state index is 0. The molecule has 0 saturated carbocycles. The first-order valence-corrected chi connectivity index (χ1v) is 5.83. The van der Waals surface area contributed by atoms with Crippen molar-refractivity contribution in [2.75, 3.05) is 32.9 Å². The topological polar surface area (TPSA) is 102 Å². The van der Waals surface area contributed by atoms with E-state index in [1.54, 1.807) is 27.1 Å². The van der Waals surface area contributed by atoms with Crippen molar-refractivity contribution >= 4 is 29.7 Å². The molecule has 0 heterocycles. The minimum Gasteiger partial charge on any atom is -0.393 e. The summed E-state index contributed by atoms with van der Waals surface area (Å²) in [5.41, 5.74) is 6.20. The molecule has 0 aliphatic carbocycles. The minimum atomic E-state index is -0.577. The van der Waals surface area contributed by atoms with Crippen molar-refractivity contribution in [2.24, 2.45) is 0 Å². The van der Waals surface area contributed by atoms with Crippen molar-refractivity contribution in [3.63, 3.8) is 0 Å². The van der Waals surface area contributed by atoms with E-state index in [9.17, 15) is 14.9 Å². The molecule has 0 saturated heterocycles. The van der Waals surface area contributed by atoms with Gasteiger partial charge in [-0.15, -0.1) is 12.4 Å². The van der Waals surface area contributed by atoms with E-state index < -0.39 is 4.92 Å². The maximum absolute atomic E-state index is 12.2. The number of nitro benzene ring substituents is 1. The lowest BCUT2D eigenvalue weighted by molar-refractivity contribution is -0.384. The van der Waals surface area contributed by atoms with Crippen LogP contribution in [-0.2, 0) is 0 Å². The predicted octanol–water partition coefficient (Wildman–Crippen LogP) is 1.20. The van der Waals surface area contributed by atoms with Gasteiger partial charge >= 0.3 is 0 Å². The van der Waals surface area contributed by atoms with Crippen LogP contribution in [0.5, 0.6) is 0 Å². The second-order valence-corrected chi connectivity index (χ2v) is 4.33. The van der Waals surface area contributed by atoms with Crippen molar-refractivity contribution in [1.82, 2.24) is 10.2 Å². The zero-order chi connectivity index (χ0) is 14.6. The molecule has 1 amide bonds. The molecule has 8 heteroatoms. The number of anilines is 1. The normalized spacial score (nSPS) is 9.75. The number of aryl methyl sites for hydroxylation is 1. The van der Waals surface area contributed by atoms with Crippen molar-refractivity contribution in [1.29, 1.82) is 0 Å². The molecule has 0 aliphatic rings. The zero-order valence-corrected chi connectivity index (χ0v) is 12.5. The molecule has 0 fully saturated rings. The number of rotatable bonds is 5. The fourth-order valence-electron chi connectivity index (χ4n) is 1.69. The first-order chi connectivity index (χ1) is 8.88. The van der Waals surface area contributed by atoms with Crippen molar-refractivity contribution < 1.29 is 9.72 Å². The number of nitro groups is 1. The molecule has 1 aromatic rings. The Morgan fingerprint density at radius 3 is 2.60 bits per heavy atom. The molecule has 1 aromatic carbocycles. The SMILES string of the molecule is CNCCN(C)C(=O)c1cc(C)cc([N+](=O)[O-])c1N.Cl. The van der Waals surface area contributed by atoms with Gasteiger partial charge in [-0.1, -0.05) is 0 Å². The number of hydrogen-bond donors (Lipinski definition) is 2. The zero-order valence-electron chi connectivity index (χ0n) is 11.7. The summed E-state index contributed by atoms with van der Waals surface area (Å²) in [6.45, 7) is 2.82. The Bertz CT molecular complexity index is 508. The number of nitrogen functional groups attached to an aromatic ring is 1. The number of benzene rings is 1. The first kappa shape index (κ1) is 18.1. The second kappa shape index (κ2) is 7.66. The summed E-state index contributed by atoms with van der Waals surface area (Å²) in [6.07, 6.45) is 0. The Labute approximate surface area is 123 Å². The number of halogens is 1. The molecule has 0 atom stereocenters. The summed E-state index contributed by atoms with van der Waals surface area (Å²) >= 11 is 0. The summed E-state index contributed by atoms with van der Waals surface area (Å²) in [5, 5.41) is 13.8. The van der Waals surface area contributed by atoms with Gasteiger partial charge in [0.05, 0.1) is 10.5 Å². The van der Waals surface area contributed by atoms with Gasteiger partial charge in [0.15, 0.2) is 0 Å². The average molecular weight is 303 g/mol. The highest BCUT2D eigenvalue weighted by atomic mass is 35.5. The first-order valence-electron chi connectivity index (χ1n) is 5.83. The van der Waals surface area contributed by atoms with Crippen LogP contribution in [0.1, 0.15) is 15.9 Å². The van der Waals surface area contributed by atoms with E-state index in [4.69, 9.17) is 5.73 Å². The number of hydrogen-bond acceptors (Lipinski definition) is 5. The number of carbonyl (C=O) groups excluding carboxylic acids is 1. The molecular weight excluding hydrogens is 284 g/mol. The lowest BCUT2D eigenvalue weighted by Crippen LogP contribution is -2.33. The number of nitrogens with one attached hydrogen (secondary N) is 1. The Morgan fingerprint density at radius 1 is 1.50 bits per heavy atom. The van der Waals surface area contributed by atoms with Crippen molar-refractivity contribution in [3.05, 3.63) is 33.4 Å². The number of likely N-dealkylation sites (N-methyl/N-ethyl adjacent to an activating group) is 2. The third-order valence-corrected chi connectivity index (χ3v) is 2.77. The van der Waals surface area contributed by atoms with Crippen LogP contribution in [-0.4, -0.2) is 42.9 Å². The standard InChI is InChI=1S/C12H18N4O3.ClH/c1-8-6-9(11(13)10(7-8)16(18)19)12(17)15(3)5-4-14-2;/h6-7,14H,4-5,13H2,1-3H3;1H. The highest BCUT2D eigenvalue weighted by molar-refractivity contribution is 6.01. The van der Waals surface area contributed by atoms with Gasteiger partial charge in [0.2, 0.25) is 0 Å². The molecule has 0 radical (unpaired) electrons. The van der Waals surface area contributed by atoms with Crippen LogP contribution in [0.15, 0.2) is 12.1 Å². The van der Waals surface area contributed by atoms with Gasteiger partial charge in [0.25, 0.3) is 11.6 Å². The third-order valence-electron chi connectivity index (χ3n) is 2.77. The smallest absolute Gasteiger partial charge is 0.293 e. The van der Waals surface area contributed by atoms with E-state index in [0.717, 1.165) is 0 Å². The summed E-state index contributed by atoms with van der Waals surface area (Å²) in [5.74, 6) is -0.320. The van der Waals surface area contributed by atoms with Crippen molar-refractivity contribution in [2.45, 2.75) is 6.92 Å². The number of nitrogens with two attached hydrogens (primary N) is 1. The van der Waals surface area contributed by atoms with Gasteiger partial charge in [-0.2, -0.15) is 0 Å². The van der Waals surface area contributed by atoms with Crippen LogP contribution in [0.25, 0.3) is 0 Å². The van der Waals surface area contributed by atoms with Crippen LogP contribution in [0.3, 0.4) is 0 Å². The summed E-state index contributed by atoms with van der Waals surface area (Å²) < 4.78 is 0. The highest BCUT2D eigenvalue weighted by Crippen LogP contribution is 2.27. The van der Waals surface area contributed by atoms with Gasteiger partial charge in [0, 0.05) is 26.2 Å². The predicted molar refractivity (Wildman–Crippen MR) is 80.4 cm³/mol. The molecule has 7 nitrogen and oxygen atoms in total. The highest BCUT2D eigenvalue weighted by Gasteiger charge is 2.22. The molecule has 0 aromatic heterocycles. The van der Waals surface area contributed by atoms with Gasteiger partial charge in [0.1, 0.15) is 5.69 Å².